The predicted molar refractivity (Wildman–Crippen MR) is 111 cm³/mol. The summed E-state index contributed by atoms with van der Waals surface area (Å²) in [6, 6.07) is 23.9. The van der Waals surface area contributed by atoms with Crippen LogP contribution < -0.4 is 15.4 Å². The van der Waals surface area contributed by atoms with Crippen molar-refractivity contribution in [3.8, 4) is 5.75 Å². The van der Waals surface area contributed by atoms with Gasteiger partial charge in [-0.05, 0) is 30.3 Å². The zero-order chi connectivity index (χ0) is 21.2. The lowest BCUT2D eigenvalue weighted by molar-refractivity contribution is -0.123. The summed E-state index contributed by atoms with van der Waals surface area (Å²) in [5.41, 5.74) is 1.44. The number of carbonyl (C=O) groups excluding carboxylic acids is 3. The molecule has 152 valence electrons. The molecule has 0 saturated carbocycles. The maximum absolute atomic E-state index is 12.4. The number of urea groups is 1. The average Bonchev–Trinajstić information content (AvgIpc) is 2.77. The van der Waals surface area contributed by atoms with Crippen LogP contribution in [0, 0.1) is 0 Å². The highest BCUT2D eigenvalue weighted by molar-refractivity contribution is 6.02. The first-order valence-corrected chi connectivity index (χ1v) is 9.20. The van der Waals surface area contributed by atoms with E-state index in [1.165, 1.54) is 0 Å². The fourth-order valence-corrected chi connectivity index (χ4v) is 2.58. The van der Waals surface area contributed by atoms with Crippen molar-refractivity contribution < 1.29 is 23.9 Å². The number of benzene rings is 3. The van der Waals surface area contributed by atoms with Crippen molar-refractivity contribution in [1.82, 2.24) is 5.32 Å². The molecule has 0 bridgehead atoms. The molecule has 0 unspecified atom stereocenters. The van der Waals surface area contributed by atoms with Crippen molar-refractivity contribution in [3.63, 3.8) is 0 Å². The van der Waals surface area contributed by atoms with Crippen molar-refractivity contribution in [2.75, 3.05) is 11.9 Å². The molecule has 0 saturated heterocycles. The van der Waals surface area contributed by atoms with E-state index in [1.54, 1.807) is 54.6 Å². The summed E-state index contributed by atoms with van der Waals surface area (Å²) in [6.45, 7) is -0.421. The number of rotatable bonds is 7. The molecule has 3 rings (SSSR count). The topological polar surface area (TPSA) is 93.7 Å². The lowest BCUT2D eigenvalue weighted by atomic mass is 10.1. The number of anilines is 1. The second kappa shape index (κ2) is 10.4. The standard InChI is InChI=1S/C23H20N2O5/c26-21(25-23(28)24-18-10-3-1-4-11-18)16-30-22(27)20-14-8-7-9-17(20)15-29-19-12-5-2-6-13-19/h1-14H,15-16H2,(H2,24,25,26,28). The van der Waals surface area contributed by atoms with Gasteiger partial charge < -0.3 is 14.8 Å². The molecule has 7 heteroatoms. The zero-order valence-corrected chi connectivity index (χ0v) is 16.0. The summed E-state index contributed by atoms with van der Waals surface area (Å²) in [5.74, 6) is -0.750. The molecule has 0 spiro atoms. The zero-order valence-electron chi connectivity index (χ0n) is 16.0. The number of imide groups is 1. The molecule has 3 amide bonds. The molecule has 0 radical (unpaired) electrons. The van der Waals surface area contributed by atoms with Crippen molar-refractivity contribution in [2.45, 2.75) is 6.61 Å². The van der Waals surface area contributed by atoms with Crippen LogP contribution in [0.15, 0.2) is 84.9 Å². The van der Waals surface area contributed by atoms with E-state index in [1.807, 2.05) is 30.3 Å². The van der Waals surface area contributed by atoms with Gasteiger partial charge in [0.2, 0.25) is 0 Å². The Bertz CT molecular complexity index is 1010. The SMILES string of the molecule is O=C(COC(=O)c1ccccc1COc1ccccc1)NC(=O)Nc1ccccc1. The predicted octanol–water partition coefficient (Wildman–Crippen LogP) is 3.77. The fourth-order valence-electron chi connectivity index (χ4n) is 2.58. The Morgan fingerprint density at radius 3 is 2.13 bits per heavy atom. The monoisotopic (exact) mass is 404 g/mol. The molecule has 0 aliphatic heterocycles. The molecule has 3 aromatic rings. The van der Waals surface area contributed by atoms with E-state index in [0.717, 1.165) is 0 Å². The number of nitrogens with one attached hydrogen (secondary N) is 2. The number of ether oxygens (including phenoxy) is 2. The van der Waals surface area contributed by atoms with Crippen LogP contribution in [0.4, 0.5) is 10.5 Å². The van der Waals surface area contributed by atoms with Crippen LogP contribution in [0.3, 0.4) is 0 Å². The molecule has 0 heterocycles. The van der Waals surface area contributed by atoms with Gasteiger partial charge in [0.1, 0.15) is 12.4 Å². The number of esters is 1. The fraction of sp³-hybridized carbons (Fsp3) is 0.0870. The quantitative estimate of drug-likeness (QED) is 0.585. The Morgan fingerprint density at radius 2 is 1.40 bits per heavy atom. The van der Waals surface area contributed by atoms with Crippen LogP contribution in [0.1, 0.15) is 15.9 Å². The second-order valence-electron chi connectivity index (χ2n) is 6.20. The summed E-state index contributed by atoms with van der Waals surface area (Å²) in [4.78, 5) is 36.1. The third-order valence-corrected chi connectivity index (χ3v) is 3.99. The molecular formula is C23H20N2O5. The van der Waals surface area contributed by atoms with Gasteiger partial charge in [-0.2, -0.15) is 0 Å². The van der Waals surface area contributed by atoms with Crippen molar-refractivity contribution in [2.24, 2.45) is 0 Å². The summed E-state index contributed by atoms with van der Waals surface area (Å²) >= 11 is 0. The van der Waals surface area contributed by atoms with Gasteiger partial charge in [0.25, 0.3) is 5.91 Å². The van der Waals surface area contributed by atoms with Crippen LogP contribution in [-0.2, 0) is 16.1 Å². The minimum absolute atomic E-state index is 0.168. The number of amides is 3. The van der Waals surface area contributed by atoms with Gasteiger partial charge in [0, 0.05) is 11.3 Å². The Labute approximate surface area is 173 Å². The summed E-state index contributed by atoms with van der Waals surface area (Å²) in [5, 5.41) is 4.61. The highest BCUT2D eigenvalue weighted by atomic mass is 16.5. The van der Waals surface area contributed by atoms with Crippen LogP contribution in [0.5, 0.6) is 5.75 Å². The van der Waals surface area contributed by atoms with E-state index in [-0.39, 0.29) is 12.2 Å². The van der Waals surface area contributed by atoms with Crippen LogP contribution in [0.25, 0.3) is 0 Å². The molecule has 3 aromatic carbocycles. The minimum Gasteiger partial charge on any atom is -0.489 e. The van der Waals surface area contributed by atoms with Crippen molar-refractivity contribution >= 4 is 23.6 Å². The average molecular weight is 404 g/mol. The molecule has 0 fully saturated rings. The highest BCUT2D eigenvalue weighted by Crippen LogP contribution is 2.15. The van der Waals surface area contributed by atoms with Gasteiger partial charge in [-0.1, -0.05) is 54.6 Å². The van der Waals surface area contributed by atoms with Gasteiger partial charge in [-0.3, -0.25) is 10.1 Å². The van der Waals surface area contributed by atoms with Gasteiger partial charge >= 0.3 is 12.0 Å². The molecular weight excluding hydrogens is 384 g/mol. The summed E-state index contributed by atoms with van der Waals surface area (Å²) in [6.07, 6.45) is 0. The maximum Gasteiger partial charge on any atom is 0.339 e. The van der Waals surface area contributed by atoms with E-state index in [9.17, 15) is 14.4 Å². The number of para-hydroxylation sites is 2. The first kappa shape index (κ1) is 20.6. The minimum atomic E-state index is -0.741. The normalized spacial score (nSPS) is 10.0. The molecule has 2 N–H and O–H groups in total. The molecule has 0 aliphatic carbocycles. The van der Waals surface area contributed by atoms with Crippen molar-refractivity contribution in [1.29, 1.82) is 0 Å². The number of hydrogen-bond acceptors (Lipinski definition) is 5. The molecule has 30 heavy (non-hydrogen) atoms. The Kier molecular flexibility index (Phi) is 7.16. The van der Waals surface area contributed by atoms with Gasteiger partial charge in [-0.15, -0.1) is 0 Å². The first-order valence-electron chi connectivity index (χ1n) is 9.20. The van der Waals surface area contributed by atoms with Crippen LogP contribution in [-0.4, -0.2) is 24.5 Å². The van der Waals surface area contributed by atoms with Gasteiger partial charge in [0.15, 0.2) is 6.61 Å². The molecule has 7 nitrogen and oxygen atoms in total. The van der Waals surface area contributed by atoms with E-state index in [4.69, 9.17) is 9.47 Å². The summed E-state index contributed by atoms with van der Waals surface area (Å²) < 4.78 is 10.7. The largest absolute Gasteiger partial charge is 0.489 e. The van der Waals surface area contributed by atoms with E-state index in [2.05, 4.69) is 10.6 Å². The third-order valence-electron chi connectivity index (χ3n) is 3.99. The number of hydrogen-bond donors (Lipinski definition) is 2. The van der Waals surface area contributed by atoms with E-state index >= 15 is 0 Å². The van der Waals surface area contributed by atoms with Crippen molar-refractivity contribution in [3.05, 3.63) is 96.1 Å². The Hall–Kier alpha value is -4.13. The van der Waals surface area contributed by atoms with Crippen LogP contribution >= 0.6 is 0 Å². The lowest BCUT2D eigenvalue weighted by Crippen LogP contribution is -2.37. The molecule has 0 atom stereocenters. The summed E-state index contributed by atoms with van der Waals surface area (Å²) in [7, 11) is 0. The third kappa shape index (κ3) is 6.20. The first-order chi connectivity index (χ1) is 14.6. The van der Waals surface area contributed by atoms with E-state index < -0.39 is 24.5 Å². The lowest BCUT2D eigenvalue weighted by Gasteiger charge is -2.11. The molecule has 0 aromatic heterocycles. The van der Waals surface area contributed by atoms with Gasteiger partial charge in [0.05, 0.1) is 5.56 Å². The Balaban J connectivity index is 1.50. The maximum atomic E-state index is 12.4. The molecule has 0 aliphatic rings. The Morgan fingerprint density at radius 1 is 0.767 bits per heavy atom. The van der Waals surface area contributed by atoms with Crippen LogP contribution in [0.2, 0.25) is 0 Å². The smallest absolute Gasteiger partial charge is 0.339 e. The van der Waals surface area contributed by atoms with E-state index in [0.29, 0.717) is 17.0 Å². The number of carbonyl (C=O) groups is 3. The van der Waals surface area contributed by atoms with Gasteiger partial charge in [-0.25, -0.2) is 9.59 Å². The highest BCUT2D eigenvalue weighted by Gasteiger charge is 2.16. The second-order valence-corrected chi connectivity index (χ2v) is 6.20.